The van der Waals surface area contributed by atoms with E-state index in [0.29, 0.717) is 0 Å². The number of aliphatic imine (C=N–C) groups is 1. The van der Waals surface area contributed by atoms with Gasteiger partial charge in [-0.05, 0) is 38.2 Å². The quantitative estimate of drug-likeness (QED) is 0.616. The molecule has 2 rings (SSSR count). The van der Waals surface area contributed by atoms with Crippen LogP contribution < -0.4 is 4.43 Å². The Morgan fingerprint density at radius 3 is 2.60 bits per heavy atom. The minimum atomic E-state index is -0.773. The molecule has 0 spiro atoms. The van der Waals surface area contributed by atoms with Gasteiger partial charge >= 0.3 is 0 Å². The van der Waals surface area contributed by atoms with Crippen LogP contribution in [0.15, 0.2) is 53.7 Å². The number of nitrogens with zero attached hydrogens (tertiary/aromatic N) is 2. The molecule has 4 heteroatoms. The first-order chi connectivity index (χ1) is 9.66. The zero-order valence-electron chi connectivity index (χ0n) is 12.1. The molecule has 103 valence electrons. The van der Waals surface area contributed by atoms with Crippen molar-refractivity contribution >= 4 is 15.3 Å². The zero-order chi connectivity index (χ0) is 14.4. The maximum atomic E-state index is 5.93. The van der Waals surface area contributed by atoms with Crippen LogP contribution in [0, 0.1) is 0 Å². The molecule has 0 fully saturated rings. The molecule has 0 bridgehead atoms. The molecule has 1 unspecified atom stereocenters. The minimum Gasteiger partial charge on any atom is -0.542 e. The summed E-state index contributed by atoms with van der Waals surface area (Å²) in [5, 5.41) is 0. The molecule has 20 heavy (non-hydrogen) atoms. The summed E-state index contributed by atoms with van der Waals surface area (Å²) < 4.78 is 5.93. The van der Waals surface area contributed by atoms with Crippen LogP contribution in [0.2, 0.25) is 13.1 Å². The van der Waals surface area contributed by atoms with Crippen LogP contribution >= 0.6 is 0 Å². The van der Waals surface area contributed by atoms with Crippen molar-refractivity contribution in [3.8, 4) is 5.75 Å². The molecule has 1 aromatic heterocycles. The molecule has 0 aliphatic rings. The molecular weight excluding hydrogens is 264 g/mol. The summed E-state index contributed by atoms with van der Waals surface area (Å²) in [5.74, 6) is 0.942. The van der Waals surface area contributed by atoms with Crippen LogP contribution in [-0.2, 0) is 0 Å². The van der Waals surface area contributed by atoms with Gasteiger partial charge in [-0.15, -0.1) is 0 Å². The van der Waals surface area contributed by atoms with Gasteiger partial charge in [-0.25, -0.2) is 0 Å². The maximum Gasteiger partial charge on any atom is 0.274 e. The van der Waals surface area contributed by atoms with Gasteiger partial charge in [-0.2, -0.15) is 0 Å². The molecule has 1 radical (unpaired) electrons. The second-order valence-corrected chi connectivity index (χ2v) is 6.78. The third-order valence-electron chi connectivity index (χ3n) is 2.80. The van der Waals surface area contributed by atoms with Crippen LogP contribution in [-0.4, -0.2) is 20.2 Å². The molecule has 0 saturated heterocycles. The lowest BCUT2D eigenvalue weighted by molar-refractivity contribution is 0.564. The minimum absolute atomic E-state index is 0.0505. The summed E-state index contributed by atoms with van der Waals surface area (Å²) in [4.78, 5) is 8.82. The van der Waals surface area contributed by atoms with E-state index >= 15 is 0 Å². The predicted octanol–water partition coefficient (Wildman–Crippen LogP) is 3.89. The fourth-order valence-corrected chi connectivity index (χ4v) is 2.49. The number of aromatic nitrogens is 1. The van der Waals surface area contributed by atoms with E-state index in [9.17, 15) is 0 Å². The lowest BCUT2D eigenvalue weighted by atomic mass is 10.1. The second kappa shape index (κ2) is 7.00. The van der Waals surface area contributed by atoms with Crippen molar-refractivity contribution in [1.29, 1.82) is 0 Å². The fraction of sp³-hybridized carbons (Fsp3) is 0.250. The van der Waals surface area contributed by atoms with Gasteiger partial charge < -0.3 is 4.43 Å². The van der Waals surface area contributed by atoms with E-state index in [2.05, 4.69) is 36.1 Å². The van der Waals surface area contributed by atoms with Crippen molar-refractivity contribution in [1.82, 2.24) is 4.98 Å². The van der Waals surface area contributed by atoms with Crippen molar-refractivity contribution in [2.24, 2.45) is 4.99 Å². The lowest BCUT2D eigenvalue weighted by Crippen LogP contribution is -2.13. The van der Waals surface area contributed by atoms with Crippen LogP contribution in [0.25, 0.3) is 0 Å². The van der Waals surface area contributed by atoms with Crippen LogP contribution in [0.5, 0.6) is 5.75 Å². The molecule has 0 N–H and O–H groups in total. The van der Waals surface area contributed by atoms with E-state index in [4.69, 9.17) is 4.43 Å². The van der Waals surface area contributed by atoms with Crippen molar-refractivity contribution in [2.45, 2.75) is 26.1 Å². The Bertz CT molecular complexity index is 570. The Morgan fingerprint density at radius 2 is 1.90 bits per heavy atom. The number of rotatable bonds is 5. The third-order valence-corrected chi connectivity index (χ3v) is 3.43. The van der Waals surface area contributed by atoms with Gasteiger partial charge in [0.25, 0.3) is 9.04 Å². The summed E-state index contributed by atoms with van der Waals surface area (Å²) in [6.07, 6.45) is 3.58. The molecule has 0 saturated carbocycles. The van der Waals surface area contributed by atoms with Crippen LogP contribution in [0.1, 0.15) is 24.2 Å². The van der Waals surface area contributed by atoms with Gasteiger partial charge in [0.05, 0.1) is 11.7 Å². The summed E-state index contributed by atoms with van der Waals surface area (Å²) in [7, 11) is -0.773. The van der Waals surface area contributed by atoms with E-state index in [1.807, 2.05) is 42.6 Å². The van der Waals surface area contributed by atoms with Gasteiger partial charge in [0.1, 0.15) is 5.75 Å². The van der Waals surface area contributed by atoms with E-state index in [1.165, 1.54) is 0 Å². The van der Waals surface area contributed by atoms with Crippen molar-refractivity contribution in [3.05, 3.63) is 59.9 Å². The number of benzene rings is 1. The average Bonchev–Trinajstić information content (AvgIpc) is 2.46. The first-order valence-electron chi connectivity index (χ1n) is 6.68. The zero-order valence-corrected chi connectivity index (χ0v) is 13.1. The van der Waals surface area contributed by atoms with Gasteiger partial charge in [0.2, 0.25) is 0 Å². The van der Waals surface area contributed by atoms with Gasteiger partial charge in [-0.1, -0.05) is 24.3 Å². The Kier molecular flexibility index (Phi) is 5.07. The Morgan fingerprint density at radius 1 is 1.15 bits per heavy atom. The number of hydrogen-bond donors (Lipinski definition) is 0. The SMILES string of the molecule is CC(N=Cc1ccccn1)c1ccccc1O[Si](C)C. The molecule has 1 atom stereocenters. The van der Waals surface area contributed by atoms with E-state index in [1.54, 1.807) is 6.20 Å². The molecule has 1 aromatic carbocycles. The van der Waals surface area contributed by atoms with E-state index in [-0.39, 0.29) is 6.04 Å². The summed E-state index contributed by atoms with van der Waals surface area (Å²) >= 11 is 0. The molecule has 0 amide bonds. The number of para-hydroxylation sites is 1. The Labute approximate surface area is 122 Å². The highest BCUT2D eigenvalue weighted by Crippen LogP contribution is 2.27. The van der Waals surface area contributed by atoms with Crippen molar-refractivity contribution in [3.63, 3.8) is 0 Å². The highest BCUT2D eigenvalue weighted by molar-refractivity contribution is 6.49. The second-order valence-electron chi connectivity index (χ2n) is 4.76. The standard InChI is InChI=1S/C16H19N2OSi/c1-13(18-12-14-8-6-7-11-17-14)15-9-4-5-10-16(15)19-20(2)3/h4-13H,1-3H3. The maximum absolute atomic E-state index is 5.93. The normalized spacial score (nSPS) is 12.8. The molecule has 0 aliphatic carbocycles. The van der Waals surface area contributed by atoms with Crippen molar-refractivity contribution in [2.75, 3.05) is 0 Å². The average molecular weight is 283 g/mol. The van der Waals surface area contributed by atoms with E-state index < -0.39 is 9.04 Å². The highest BCUT2D eigenvalue weighted by atomic mass is 28.3. The Hall–Kier alpha value is -1.94. The first-order valence-corrected chi connectivity index (χ1v) is 9.09. The van der Waals surface area contributed by atoms with Crippen LogP contribution in [0.4, 0.5) is 0 Å². The van der Waals surface area contributed by atoms with Crippen LogP contribution in [0.3, 0.4) is 0 Å². The third kappa shape index (κ3) is 4.03. The fourth-order valence-electron chi connectivity index (χ4n) is 1.86. The highest BCUT2D eigenvalue weighted by Gasteiger charge is 2.11. The molecule has 3 nitrogen and oxygen atoms in total. The predicted molar refractivity (Wildman–Crippen MR) is 84.8 cm³/mol. The number of pyridine rings is 1. The van der Waals surface area contributed by atoms with Crippen molar-refractivity contribution < 1.29 is 4.43 Å². The molecule has 2 aromatic rings. The van der Waals surface area contributed by atoms with Gasteiger partial charge in [0, 0.05) is 18.0 Å². The smallest absolute Gasteiger partial charge is 0.274 e. The van der Waals surface area contributed by atoms with Gasteiger partial charge in [0.15, 0.2) is 0 Å². The lowest BCUT2D eigenvalue weighted by Gasteiger charge is -2.15. The first kappa shape index (κ1) is 14.5. The largest absolute Gasteiger partial charge is 0.542 e. The van der Waals surface area contributed by atoms with E-state index in [0.717, 1.165) is 17.0 Å². The summed E-state index contributed by atoms with van der Waals surface area (Å²) in [6.45, 7) is 6.33. The van der Waals surface area contributed by atoms with Gasteiger partial charge in [-0.3, -0.25) is 9.98 Å². The Balaban J connectivity index is 2.17. The topological polar surface area (TPSA) is 34.5 Å². The molecule has 1 heterocycles. The summed E-state index contributed by atoms with van der Waals surface area (Å²) in [5.41, 5.74) is 1.99. The molecular formula is C16H19N2OSi. The number of hydrogen-bond acceptors (Lipinski definition) is 3. The summed E-state index contributed by atoms with van der Waals surface area (Å²) in [6, 6.07) is 14.0. The monoisotopic (exact) mass is 283 g/mol. The molecule has 0 aliphatic heterocycles.